The first-order valence-corrected chi connectivity index (χ1v) is 5.80. The molecule has 0 fully saturated rings. The maximum Gasteiger partial charge on any atom is 0.324 e. The highest BCUT2D eigenvalue weighted by atomic mass is 16.5. The van der Waals surface area contributed by atoms with Gasteiger partial charge in [-0.05, 0) is 35.3 Å². The summed E-state index contributed by atoms with van der Waals surface area (Å²) < 4.78 is 11.4. The van der Waals surface area contributed by atoms with Crippen molar-refractivity contribution in [2.24, 2.45) is 0 Å². The summed E-state index contributed by atoms with van der Waals surface area (Å²) in [4.78, 5) is 0. The molecule has 0 spiro atoms. The van der Waals surface area contributed by atoms with Crippen LogP contribution in [0.25, 0.3) is 0 Å². The minimum Gasteiger partial charge on any atom is -0.457 e. The molecule has 0 amide bonds. The number of para-hydroxylation sites is 1. The van der Waals surface area contributed by atoms with Gasteiger partial charge in [0.25, 0.3) is 0 Å². The summed E-state index contributed by atoms with van der Waals surface area (Å²) in [5.74, 6) is 1.73. The molecule has 1 aliphatic rings. The Morgan fingerprint density at radius 1 is 1.06 bits per heavy atom. The molecule has 0 aliphatic carbocycles. The number of hydrogen-bond donors (Lipinski definition) is 0. The van der Waals surface area contributed by atoms with Gasteiger partial charge in [0.05, 0.1) is 6.61 Å². The van der Waals surface area contributed by atoms with Crippen LogP contribution in [0.1, 0.15) is 5.56 Å². The first-order chi connectivity index (χ1) is 8.33. The third-order valence-corrected chi connectivity index (χ3v) is 3.02. The molecular formula is C14H13BO2. The average molecular weight is 224 g/mol. The van der Waals surface area contributed by atoms with Crippen molar-refractivity contribution in [2.45, 2.75) is 13.4 Å². The predicted octanol–water partition coefficient (Wildman–Crippen LogP) is 2.84. The van der Waals surface area contributed by atoms with Crippen LogP contribution in [0.4, 0.5) is 0 Å². The Kier molecular flexibility index (Phi) is 2.61. The fourth-order valence-corrected chi connectivity index (χ4v) is 2.10. The third-order valence-electron chi connectivity index (χ3n) is 3.02. The Hall–Kier alpha value is -1.74. The first kappa shape index (κ1) is 10.4. The lowest BCUT2D eigenvalue weighted by Gasteiger charge is -2.07. The van der Waals surface area contributed by atoms with Crippen LogP contribution in [-0.4, -0.2) is 6.92 Å². The van der Waals surface area contributed by atoms with Crippen molar-refractivity contribution < 1.29 is 9.39 Å². The second-order valence-electron chi connectivity index (χ2n) is 4.23. The number of ether oxygens (including phenoxy) is 1. The largest absolute Gasteiger partial charge is 0.457 e. The van der Waals surface area contributed by atoms with Crippen molar-refractivity contribution in [3.8, 4) is 11.5 Å². The van der Waals surface area contributed by atoms with Gasteiger partial charge in [0.2, 0.25) is 0 Å². The van der Waals surface area contributed by atoms with E-state index in [1.54, 1.807) is 0 Å². The van der Waals surface area contributed by atoms with Crippen LogP contribution >= 0.6 is 0 Å². The van der Waals surface area contributed by atoms with Gasteiger partial charge in [0.1, 0.15) is 11.5 Å². The molecule has 0 N–H and O–H groups in total. The molecule has 2 nitrogen and oxygen atoms in total. The zero-order chi connectivity index (χ0) is 11.7. The summed E-state index contributed by atoms with van der Waals surface area (Å²) >= 11 is 0. The molecule has 1 heterocycles. The van der Waals surface area contributed by atoms with E-state index in [1.165, 1.54) is 11.0 Å². The SMILES string of the molecule is CB1OCc2cc(Oc3ccccc3)ccc21. The Morgan fingerprint density at radius 3 is 2.71 bits per heavy atom. The molecule has 17 heavy (non-hydrogen) atoms. The quantitative estimate of drug-likeness (QED) is 0.730. The van der Waals surface area contributed by atoms with E-state index in [4.69, 9.17) is 9.39 Å². The molecule has 84 valence electrons. The Balaban J connectivity index is 1.86. The van der Waals surface area contributed by atoms with E-state index in [1.807, 2.05) is 36.4 Å². The number of fused-ring (bicyclic) bond motifs is 1. The molecule has 2 aromatic carbocycles. The van der Waals surface area contributed by atoms with Crippen LogP contribution in [-0.2, 0) is 11.3 Å². The molecule has 3 rings (SSSR count). The maximum atomic E-state index is 5.78. The van der Waals surface area contributed by atoms with Crippen molar-refractivity contribution in [1.82, 2.24) is 0 Å². The van der Waals surface area contributed by atoms with E-state index in [0.717, 1.165) is 11.5 Å². The number of hydrogen-bond acceptors (Lipinski definition) is 2. The fraction of sp³-hybridized carbons (Fsp3) is 0.143. The topological polar surface area (TPSA) is 18.5 Å². The lowest BCUT2D eigenvalue weighted by molar-refractivity contribution is 0.333. The van der Waals surface area contributed by atoms with E-state index >= 15 is 0 Å². The Bertz CT molecular complexity index is 525. The summed E-state index contributed by atoms with van der Waals surface area (Å²) in [6.07, 6.45) is 0. The Labute approximate surface area is 101 Å². The van der Waals surface area contributed by atoms with Gasteiger partial charge >= 0.3 is 6.92 Å². The zero-order valence-electron chi connectivity index (χ0n) is 9.72. The zero-order valence-corrected chi connectivity index (χ0v) is 9.72. The number of benzene rings is 2. The van der Waals surface area contributed by atoms with Crippen molar-refractivity contribution >= 4 is 12.4 Å². The normalized spacial score (nSPS) is 13.6. The molecule has 0 bridgehead atoms. The predicted molar refractivity (Wildman–Crippen MR) is 69.0 cm³/mol. The van der Waals surface area contributed by atoms with Gasteiger partial charge in [-0.25, -0.2) is 0 Å². The molecule has 1 aliphatic heterocycles. The van der Waals surface area contributed by atoms with Crippen LogP contribution in [0.3, 0.4) is 0 Å². The highest BCUT2D eigenvalue weighted by Crippen LogP contribution is 2.23. The van der Waals surface area contributed by atoms with E-state index in [0.29, 0.717) is 6.61 Å². The van der Waals surface area contributed by atoms with Crippen LogP contribution in [0.5, 0.6) is 11.5 Å². The lowest BCUT2D eigenvalue weighted by Crippen LogP contribution is -2.23. The van der Waals surface area contributed by atoms with E-state index < -0.39 is 0 Å². The highest BCUT2D eigenvalue weighted by Gasteiger charge is 2.23. The Morgan fingerprint density at radius 2 is 1.88 bits per heavy atom. The van der Waals surface area contributed by atoms with Gasteiger partial charge in [-0.1, -0.05) is 31.1 Å². The molecule has 0 saturated heterocycles. The van der Waals surface area contributed by atoms with Gasteiger partial charge in [0, 0.05) is 0 Å². The molecular weight excluding hydrogens is 211 g/mol. The van der Waals surface area contributed by atoms with Crippen molar-refractivity contribution in [3.05, 3.63) is 54.1 Å². The molecule has 2 aromatic rings. The van der Waals surface area contributed by atoms with E-state index in [2.05, 4.69) is 19.0 Å². The second kappa shape index (κ2) is 4.26. The lowest BCUT2D eigenvalue weighted by atomic mass is 9.64. The van der Waals surface area contributed by atoms with Gasteiger partial charge in [-0.15, -0.1) is 0 Å². The van der Waals surface area contributed by atoms with E-state index in [-0.39, 0.29) is 6.92 Å². The molecule has 0 unspecified atom stereocenters. The molecule has 0 saturated carbocycles. The van der Waals surface area contributed by atoms with Crippen LogP contribution in [0.2, 0.25) is 6.82 Å². The molecule has 0 aromatic heterocycles. The standard InChI is InChI=1S/C14H13BO2/c1-15-14-8-7-13(9-11(14)10-16-15)17-12-5-3-2-4-6-12/h2-9H,10H2,1H3. The van der Waals surface area contributed by atoms with Crippen molar-refractivity contribution in [2.75, 3.05) is 0 Å². The minimum atomic E-state index is 0.204. The van der Waals surface area contributed by atoms with Crippen molar-refractivity contribution in [1.29, 1.82) is 0 Å². The van der Waals surface area contributed by atoms with Crippen molar-refractivity contribution in [3.63, 3.8) is 0 Å². The van der Waals surface area contributed by atoms with Crippen LogP contribution in [0.15, 0.2) is 48.5 Å². The van der Waals surface area contributed by atoms with Gasteiger partial charge in [0.15, 0.2) is 0 Å². The first-order valence-electron chi connectivity index (χ1n) is 5.80. The smallest absolute Gasteiger partial charge is 0.324 e. The molecule has 3 heteroatoms. The average Bonchev–Trinajstić information content (AvgIpc) is 2.72. The summed E-state index contributed by atoms with van der Waals surface area (Å²) in [5, 5.41) is 0. The maximum absolute atomic E-state index is 5.78. The minimum absolute atomic E-state index is 0.204. The van der Waals surface area contributed by atoms with Crippen LogP contribution in [0, 0.1) is 0 Å². The summed E-state index contributed by atoms with van der Waals surface area (Å²) in [6, 6.07) is 16.0. The van der Waals surface area contributed by atoms with Gasteiger partial charge in [-0.2, -0.15) is 0 Å². The summed E-state index contributed by atoms with van der Waals surface area (Å²) in [5.41, 5.74) is 2.50. The number of rotatable bonds is 2. The van der Waals surface area contributed by atoms with E-state index in [9.17, 15) is 0 Å². The monoisotopic (exact) mass is 224 g/mol. The second-order valence-corrected chi connectivity index (χ2v) is 4.23. The van der Waals surface area contributed by atoms with Crippen LogP contribution < -0.4 is 10.2 Å². The van der Waals surface area contributed by atoms with Gasteiger partial charge < -0.3 is 9.39 Å². The highest BCUT2D eigenvalue weighted by molar-refractivity contribution is 6.67. The molecule has 0 radical (unpaired) electrons. The fourth-order valence-electron chi connectivity index (χ4n) is 2.10. The summed E-state index contributed by atoms with van der Waals surface area (Å²) in [7, 11) is 0. The van der Waals surface area contributed by atoms with Gasteiger partial charge in [-0.3, -0.25) is 0 Å². The third kappa shape index (κ3) is 2.06. The summed E-state index contributed by atoms with van der Waals surface area (Å²) in [6.45, 7) is 2.96. The molecule has 0 atom stereocenters.